The molecule has 1 fully saturated rings. The highest BCUT2D eigenvalue weighted by Crippen LogP contribution is 2.27. The molecule has 2 atom stereocenters. The molecule has 12 nitrogen and oxygen atoms in total. The SMILES string of the molecule is CO[C@H]1CC[C@@H]1NC(=O)c1cnc2c(N(C)C(=O)OC(C)(C)C)cc(Nc3ccc[nH]c3=O)nn12. The van der Waals surface area contributed by atoms with Crippen LogP contribution >= 0.6 is 0 Å². The van der Waals surface area contributed by atoms with Crippen LogP contribution in [0.15, 0.2) is 35.4 Å². The monoisotopic (exact) mass is 483 g/mol. The number of anilines is 3. The summed E-state index contributed by atoms with van der Waals surface area (Å²) in [6, 6.07) is 4.71. The van der Waals surface area contributed by atoms with Gasteiger partial charge in [0, 0.05) is 26.4 Å². The van der Waals surface area contributed by atoms with Gasteiger partial charge in [0.25, 0.3) is 11.5 Å². The number of carbonyl (C=O) groups is 2. The third kappa shape index (κ3) is 5.11. The first-order valence-corrected chi connectivity index (χ1v) is 11.2. The number of H-pyrrole nitrogens is 1. The quantitative estimate of drug-likeness (QED) is 0.485. The smallest absolute Gasteiger partial charge is 0.414 e. The van der Waals surface area contributed by atoms with Gasteiger partial charge in [0.2, 0.25) is 0 Å². The fourth-order valence-electron chi connectivity index (χ4n) is 3.66. The average molecular weight is 484 g/mol. The summed E-state index contributed by atoms with van der Waals surface area (Å²) in [5.41, 5.74) is -0.0427. The van der Waals surface area contributed by atoms with Crippen LogP contribution in [0, 0.1) is 0 Å². The molecule has 4 rings (SSSR count). The molecule has 186 valence electrons. The second-order valence-corrected chi connectivity index (χ2v) is 9.30. The van der Waals surface area contributed by atoms with E-state index in [0.29, 0.717) is 5.69 Å². The Bertz CT molecular complexity index is 1310. The molecule has 0 saturated heterocycles. The van der Waals surface area contributed by atoms with Crippen LogP contribution in [0.3, 0.4) is 0 Å². The summed E-state index contributed by atoms with van der Waals surface area (Å²) in [5, 5.41) is 10.4. The second kappa shape index (κ2) is 9.37. The largest absolute Gasteiger partial charge is 0.443 e. The zero-order valence-corrected chi connectivity index (χ0v) is 20.3. The van der Waals surface area contributed by atoms with E-state index in [0.717, 1.165) is 12.8 Å². The van der Waals surface area contributed by atoms with Crippen LogP contribution in [0.5, 0.6) is 0 Å². The molecule has 0 bridgehead atoms. The molecule has 35 heavy (non-hydrogen) atoms. The zero-order valence-electron chi connectivity index (χ0n) is 20.3. The zero-order chi connectivity index (χ0) is 25.3. The molecule has 2 amide bonds. The third-order valence-electron chi connectivity index (χ3n) is 5.62. The molecule has 0 aromatic carbocycles. The number of hydrogen-bond acceptors (Lipinski definition) is 8. The lowest BCUT2D eigenvalue weighted by Crippen LogP contribution is -2.51. The maximum atomic E-state index is 13.1. The fraction of sp³-hybridized carbons (Fsp3) is 0.435. The summed E-state index contributed by atoms with van der Waals surface area (Å²) in [6.45, 7) is 5.30. The molecule has 12 heteroatoms. The molecule has 3 aromatic heterocycles. The summed E-state index contributed by atoms with van der Waals surface area (Å²) >= 11 is 0. The van der Waals surface area contributed by atoms with Crippen molar-refractivity contribution in [3.63, 3.8) is 0 Å². The van der Waals surface area contributed by atoms with Gasteiger partial charge in [-0.15, -0.1) is 5.10 Å². The standard InChI is InChI=1S/C23H29N7O5/c1-23(2,3)35-22(33)29(4)15-11-18(26-14-7-6-10-24-20(14)31)28-30-16(12-25-19(15)30)21(32)27-13-8-9-17(13)34-5/h6-7,10-13,17H,8-9H2,1-5H3,(H,24,31)(H,26,28)(H,27,32)/t13-,17-/m0/s1. The van der Waals surface area contributed by atoms with E-state index in [1.54, 1.807) is 46.1 Å². The topological polar surface area (TPSA) is 143 Å². The van der Waals surface area contributed by atoms with Crippen molar-refractivity contribution in [1.82, 2.24) is 24.9 Å². The summed E-state index contributed by atoms with van der Waals surface area (Å²) in [6.07, 6.45) is 3.94. The van der Waals surface area contributed by atoms with Crippen LogP contribution in [0.1, 0.15) is 44.1 Å². The van der Waals surface area contributed by atoms with Gasteiger partial charge < -0.3 is 25.1 Å². The lowest BCUT2D eigenvalue weighted by Gasteiger charge is -2.35. The number of hydrogen-bond donors (Lipinski definition) is 3. The van der Waals surface area contributed by atoms with E-state index in [1.807, 2.05) is 0 Å². The molecule has 1 saturated carbocycles. The van der Waals surface area contributed by atoms with Crippen molar-refractivity contribution in [3.05, 3.63) is 46.6 Å². The lowest BCUT2D eigenvalue weighted by molar-refractivity contribution is 0.00718. The number of aromatic amines is 1. The van der Waals surface area contributed by atoms with Crippen molar-refractivity contribution >= 4 is 34.8 Å². The van der Waals surface area contributed by atoms with E-state index in [-0.39, 0.29) is 46.5 Å². The first-order chi connectivity index (χ1) is 16.6. The number of fused-ring (bicyclic) bond motifs is 1. The lowest BCUT2D eigenvalue weighted by atomic mass is 9.89. The van der Waals surface area contributed by atoms with Crippen LogP contribution in [-0.2, 0) is 9.47 Å². The minimum absolute atomic E-state index is 0.0398. The van der Waals surface area contributed by atoms with Crippen LogP contribution in [0.4, 0.5) is 22.0 Å². The molecule has 0 unspecified atom stereocenters. The number of rotatable bonds is 6. The Morgan fingerprint density at radius 1 is 1.29 bits per heavy atom. The summed E-state index contributed by atoms with van der Waals surface area (Å²) < 4.78 is 12.2. The van der Waals surface area contributed by atoms with Crippen molar-refractivity contribution in [1.29, 1.82) is 0 Å². The van der Waals surface area contributed by atoms with Gasteiger partial charge >= 0.3 is 6.09 Å². The Balaban J connectivity index is 1.75. The molecule has 3 heterocycles. The molecule has 1 aliphatic carbocycles. The van der Waals surface area contributed by atoms with E-state index in [4.69, 9.17) is 9.47 Å². The average Bonchev–Trinajstić information content (AvgIpc) is 3.20. The molecular formula is C23H29N7O5. The highest BCUT2D eigenvalue weighted by atomic mass is 16.6. The van der Waals surface area contributed by atoms with E-state index in [2.05, 4.69) is 25.7 Å². The number of nitrogens with one attached hydrogen (secondary N) is 3. The van der Waals surface area contributed by atoms with Gasteiger partial charge in [0.15, 0.2) is 17.2 Å². The van der Waals surface area contributed by atoms with E-state index in [9.17, 15) is 14.4 Å². The van der Waals surface area contributed by atoms with Crippen LogP contribution in [-0.4, -0.2) is 63.5 Å². The Morgan fingerprint density at radius 3 is 2.69 bits per heavy atom. The van der Waals surface area contributed by atoms with Gasteiger partial charge in [-0.1, -0.05) is 0 Å². The summed E-state index contributed by atoms with van der Waals surface area (Å²) in [5.74, 6) is -0.151. The number of amides is 2. The Kier molecular flexibility index (Phi) is 6.48. The highest BCUT2D eigenvalue weighted by molar-refractivity contribution is 5.96. The van der Waals surface area contributed by atoms with Crippen LogP contribution in [0.2, 0.25) is 0 Å². The summed E-state index contributed by atoms with van der Waals surface area (Å²) in [7, 11) is 3.15. The molecule has 3 N–H and O–H groups in total. The van der Waals surface area contributed by atoms with E-state index >= 15 is 0 Å². The molecule has 0 spiro atoms. The summed E-state index contributed by atoms with van der Waals surface area (Å²) in [4.78, 5) is 46.3. The van der Waals surface area contributed by atoms with Crippen molar-refractivity contribution in [3.8, 4) is 0 Å². The molecular weight excluding hydrogens is 454 g/mol. The van der Waals surface area contributed by atoms with Gasteiger partial charge in [-0.2, -0.15) is 0 Å². The number of nitrogens with zero attached hydrogens (tertiary/aromatic N) is 4. The van der Waals surface area contributed by atoms with Crippen molar-refractivity contribution in [2.75, 3.05) is 24.4 Å². The van der Waals surface area contributed by atoms with Crippen LogP contribution in [0.25, 0.3) is 5.65 Å². The van der Waals surface area contributed by atoms with Crippen molar-refractivity contribution in [2.45, 2.75) is 51.4 Å². The van der Waals surface area contributed by atoms with Gasteiger partial charge in [-0.3, -0.25) is 14.5 Å². The number of ether oxygens (including phenoxy) is 2. The van der Waals surface area contributed by atoms with Gasteiger partial charge in [0.1, 0.15) is 11.3 Å². The number of pyridine rings is 1. The van der Waals surface area contributed by atoms with Crippen molar-refractivity contribution < 1.29 is 19.1 Å². The Hall–Kier alpha value is -3.93. The van der Waals surface area contributed by atoms with E-state index < -0.39 is 11.7 Å². The number of aromatic nitrogens is 4. The third-order valence-corrected chi connectivity index (χ3v) is 5.62. The molecule has 3 aromatic rings. The minimum atomic E-state index is -0.714. The van der Waals surface area contributed by atoms with Crippen LogP contribution < -0.4 is 21.1 Å². The van der Waals surface area contributed by atoms with Gasteiger partial charge in [-0.25, -0.2) is 14.3 Å². The molecule has 0 aliphatic heterocycles. The predicted octanol–water partition coefficient (Wildman–Crippen LogP) is 2.44. The minimum Gasteiger partial charge on any atom is -0.443 e. The van der Waals surface area contributed by atoms with E-state index in [1.165, 1.54) is 28.9 Å². The predicted molar refractivity (Wildman–Crippen MR) is 129 cm³/mol. The first-order valence-electron chi connectivity index (χ1n) is 11.2. The normalized spacial score (nSPS) is 17.5. The fourth-order valence-corrected chi connectivity index (χ4v) is 3.66. The molecule has 1 aliphatic rings. The maximum absolute atomic E-state index is 13.1. The number of methoxy groups -OCH3 is 1. The molecule has 0 radical (unpaired) electrons. The number of carbonyl (C=O) groups excluding carboxylic acids is 2. The Labute approximate surface area is 201 Å². The number of imidazole rings is 1. The highest BCUT2D eigenvalue weighted by Gasteiger charge is 2.33. The van der Waals surface area contributed by atoms with Gasteiger partial charge in [-0.05, 0) is 45.7 Å². The second-order valence-electron chi connectivity index (χ2n) is 9.30. The Morgan fingerprint density at radius 2 is 2.06 bits per heavy atom. The van der Waals surface area contributed by atoms with Crippen molar-refractivity contribution in [2.24, 2.45) is 0 Å². The first kappa shape index (κ1) is 24.2. The van der Waals surface area contributed by atoms with Gasteiger partial charge in [0.05, 0.1) is 24.0 Å². The maximum Gasteiger partial charge on any atom is 0.414 e.